The highest BCUT2D eigenvalue weighted by atomic mass is 16.7. The van der Waals surface area contributed by atoms with Gasteiger partial charge >= 0.3 is 6.09 Å². The molecule has 0 radical (unpaired) electrons. The maximum atomic E-state index is 11.5. The topological polar surface area (TPSA) is 138 Å². The molecule has 5 N–H and O–H groups in total. The molecule has 1 aromatic carbocycles. The third-order valence-corrected chi connectivity index (χ3v) is 3.71. The van der Waals surface area contributed by atoms with E-state index in [0.29, 0.717) is 0 Å². The molecule has 1 aromatic rings. The van der Waals surface area contributed by atoms with Crippen molar-refractivity contribution in [3.8, 4) is 0 Å². The molecule has 0 saturated carbocycles. The number of carbonyl (C=O) groups excluding carboxylic acids is 1. The normalized spacial score (nSPS) is 29.2. The van der Waals surface area contributed by atoms with E-state index in [9.17, 15) is 20.1 Å². The fourth-order valence-corrected chi connectivity index (χ4v) is 2.31. The Bertz CT molecular complexity index is 526. The van der Waals surface area contributed by atoms with Gasteiger partial charge in [0.2, 0.25) is 0 Å². The molecular weight excluding hydrogens is 334 g/mol. The average molecular weight is 357 g/mol. The maximum Gasteiger partial charge on any atom is 0.407 e. The lowest BCUT2D eigenvalue weighted by Crippen LogP contribution is -2.59. The van der Waals surface area contributed by atoms with Gasteiger partial charge in [-0.05, 0) is 5.56 Å². The van der Waals surface area contributed by atoms with Crippen LogP contribution in [0.15, 0.2) is 30.3 Å². The van der Waals surface area contributed by atoms with Crippen LogP contribution in [-0.4, -0.2) is 77.0 Å². The van der Waals surface area contributed by atoms with Crippen LogP contribution < -0.4 is 5.32 Å². The molecule has 0 unspecified atom stereocenters. The fourth-order valence-electron chi connectivity index (χ4n) is 2.31. The van der Waals surface area contributed by atoms with Crippen molar-refractivity contribution >= 4 is 6.09 Å². The fraction of sp³-hybridized carbons (Fsp3) is 0.562. The molecule has 0 aliphatic carbocycles. The Morgan fingerprint density at radius 2 is 1.84 bits per heavy atom. The van der Waals surface area contributed by atoms with Gasteiger partial charge in [-0.1, -0.05) is 30.3 Å². The molecule has 1 amide bonds. The van der Waals surface area contributed by atoms with E-state index >= 15 is 0 Å². The van der Waals surface area contributed by atoms with E-state index in [1.54, 1.807) is 0 Å². The van der Waals surface area contributed by atoms with Crippen molar-refractivity contribution in [2.24, 2.45) is 0 Å². The summed E-state index contributed by atoms with van der Waals surface area (Å²) in [5.74, 6) is 0. The molecule has 9 heteroatoms. The van der Waals surface area contributed by atoms with Gasteiger partial charge in [0, 0.05) is 6.54 Å². The van der Waals surface area contributed by atoms with E-state index in [4.69, 9.17) is 19.3 Å². The predicted molar refractivity (Wildman–Crippen MR) is 84.3 cm³/mol. The summed E-state index contributed by atoms with van der Waals surface area (Å²) in [4.78, 5) is 11.5. The zero-order valence-corrected chi connectivity index (χ0v) is 13.5. The number of carbonyl (C=O) groups is 1. The first-order chi connectivity index (χ1) is 12.0. The van der Waals surface area contributed by atoms with Gasteiger partial charge in [-0.3, -0.25) is 0 Å². The number of aliphatic hydroxyl groups is 4. The van der Waals surface area contributed by atoms with Gasteiger partial charge in [0.15, 0.2) is 6.29 Å². The minimum Gasteiger partial charge on any atom is -0.445 e. The zero-order valence-electron chi connectivity index (χ0n) is 13.5. The molecule has 2 rings (SSSR count). The van der Waals surface area contributed by atoms with Crippen LogP contribution in [0.3, 0.4) is 0 Å². The van der Waals surface area contributed by atoms with E-state index in [2.05, 4.69) is 5.32 Å². The number of benzene rings is 1. The second-order valence-electron chi connectivity index (χ2n) is 5.56. The molecule has 9 nitrogen and oxygen atoms in total. The molecule has 1 heterocycles. The summed E-state index contributed by atoms with van der Waals surface area (Å²) in [6, 6.07) is 9.20. The number of ether oxygens (including phenoxy) is 3. The summed E-state index contributed by atoms with van der Waals surface area (Å²) in [6.45, 7) is -0.332. The van der Waals surface area contributed by atoms with Crippen LogP contribution in [0.5, 0.6) is 0 Å². The Hall–Kier alpha value is -1.75. The Morgan fingerprint density at radius 3 is 2.52 bits per heavy atom. The Labute approximate surface area is 144 Å². The monoisotopic (exact) mass is 357 g/mol. The molecule has 25 heavy (non-hydrogen) atoms. The molecule has 140 valence electrons. The highest BCUT2D eigenvalue weighted by Crippen LogP contribution is 2.21. The smallest absolute Gasteiger partial charge is 0.407 e. The Morgan fingerprint density at radius 1 is 1.12 bits per heavy atom. The van der Waals surface area contributed by atoms with Crippen molar-refractivity contribution < 1.29 is 39.4 Å². The van der Waals surface area contributed by atoms with Crippen LogP contribution >= 0.6 is 0 Å². The second-order valence-corrected chi connectivity index (χ2v) is 5.56. The number of amides is 1. The SMILES string of the molecule is O=C(NCCO[C@H]1O[C@@H](CO)[C@@H](O)[C@@H](O)[C@@H]1O)OCc1ccccc1. The minimum atomic E-state index is -1.50. The summed E-state index contributed by atoms with van der Waals surface area (Å²) in [7, 11) is 0. The van der Waals surface area contributed by atoms with Gasteiger partial charge in [0.1, 0.15) is 31.0 Å². The molecule has 1 aliphatic heterocycles. The van der Waals surface area contributed by atoms with Crippen LogP contribution in [0, 0.1) is 0 Å². The average Bonchev–Trinajstić information content (AvgIpc) is 2.64. The lowest BCUT2D eigenvalue weighted by atomic mass is 9.99. The van der Waals surface area contributed by atoms with Crippen molar-refractivity contribution in [3.63, 3.8) is 0 Å². The van der Waals surface area contributed by atoms with E-state index < -0.39 is 43.4 Å². The van der Waals surface area contributed by atoms with Crippen molar-refractivity contribution in [3.05, 3.63) is 35.9 Å². The number of hydrogen-bond donors (Lipinski definition) is 5. The zero-order chi connectivity index (χ0) is 18.2. The molecule has 1 saturated heterocycles. The second kappa shape index (κ2) is 9.66. The number of nitrogens with one attached hydrogen (secondary N) is 1. The Balaban J connectivity index is 1.65. The third kappa shape index (κ3) is 5.63. The van der Waals surface area contributed by atoms with Crippen LogP contribution in [0.4, 0.5) is 4.79 Å². The molecule has 5 atom stereocenters. The molecular formula is C16H23NO8. The van der Waals surface area contributed by atoms with Gasteiger partial charge in [-0.2, -0.15) is 0 Å². The number of hydrogen-bond acceptors (Lipinski definition) is 8. The molecule has 1 aliphatic rings. The van der Waals surface area contributed by atoms with Crippen LogP contribution in [0.25, 0.3) is 0 Å². The predicted octanol–water partition coefficient (Wildman–Crippen LogP) is -1.27. The van der Waals surface area contributed by atoms with E-state index in [1.165, 1.54) is 0 Å². The molecule has 0 bridgehead atoms. The number of alkyl carbamates (subject to hydrolysis) is 1. The van der Waals surface area contributed by atoms with E-state index in [-0.39, 0.29) is 19.8 Å². The van der Waals surface area contributed by atoms with E-state index in [1.807, 2.05) is 30.3 Å². The summed E-state index contributed by atoms with van der Waals surface area (Å²) < 4.78 is 15.4. The Kier molecular flexibility index (Phi) is 7.56. The largest absolute Gasteiger partial charge is 0.445 e. The third-order valence-electron chi connectivity index (χ3n) is 3.71. The van der Waals surface area contributed by atoms with Crippen molar-refractivity contribution in [2.45, 2.75) is 37.3 Å². The van der Waals surface area contributed by atoms with E-state index in [0.717, 1.165) is 5.56 Å². The lowest BCUT2D eigenvalue weighted by molar-refractivity contribution is -0.300. The minimum absolute atomic E-state index is 0.0247. The van der Waals surface area contributed by atoms with Gasteiger partial charge in [-0.25, -0.2) is 4.79 Å². The molecule has 0 aromatic heterocycles. The first-order valence-corrected chi connectivity index (χ1v) is 7.89. The summed E-state index contributed by atoms with van der Waals surface area (Å²) in [5.41, 5.74) is 0.857. The highest BCUT2D eigenvalue weighted by molar-refractivity contribution is 5.67. The van der Waals surface area contributed by atoms with Gasteiger partial charge in [0.25, 0.3) is 0 Å². The first kappa shape index (κ1) is 19.6. The maximum absolute atomic E-state index is 11.5. The summed E-state index contributed by atoms with van der Waals surface area (Å²) >= 11 is 0. The van der Waals surface area contributed by atoms with Gasteiger partial charge in [0.05, 0.1) is 13.2 Å². The molecule has 0 spiro atoms. The van der Waals surface area contributed by atoms with Crippen molar-refractivity contribution in [1.29, 1.82) is 0 Å². The lowest BCUT2D eigenvalue weighted by Gasteiger charge is -2.39. The van der Waals surface area contributed by atoms with Crippen molar-refractivity contribution in [1.82, 2.24) is 5.32 Å². The van der Waals surface area contributed by atoms with Crippen LogP contribution in [0.2, 0.25) is 0 Å². The number of rotatable bonds is 7. The summed E-state index contributed by atoms with van der Waals surface area (Å²) in [6.07, 6.45) is -7.29. The highest BCUT2D eigenvalue weighted by Gasteiger charge is 2.43. The van der Waals surface area contributed by atoms with Gasteiger partial charge < -0.3 is 40.0 Å². The quantitative estimate of drug-likeness (QED) is 0.381. The number of aliphatic hydroxyl groups excluding tert-OH is 4. The molecule has 1 fully saturated rings. The van der Waals surface area contributed by atoms with Crippen LogP contribution in [-0.2, 0) is 20.8 Å². The van der Waals surface area contributed by atoms with Gasteiger partial charge in [-0.15, -0.1) is 0 Å². The van der Waals surface area contributed by atoms with Crippen LogP contribution in [0.1, 0.15) is 5.56 Å². The summed E-state index contributed by atoms with van der Waals surface area (Å²) in [5, 5.41) is 40.6. The van der Waals surface area contributed by atoms with Crippen molar-refractivity contribution in [2.75, 3.05) is 19.8 Å². The first-order valence-electron chi connectivity index (χ1n) is 7.89. The standard InChI is InChI=1S/C16H23NO8/c18-8-11-12(19)13(20)14(21)15(25-11)23-7-6-17-16(22)24-9-10-4-2-1-3-5-10/h1-5,11-15,18-21H,6-9H2,(H,17,22)/t11-,12+,13+,14-,15-/m0/s1.